The van der Waals surface area contributed by atoms with E-state index < -0.39 is 0 Å². The lowest BCUT2D eigenvalue weighted by Gasteiger charge is -2.49. The van der Waals surface area contributed by atoms with Crippen molar-refractivity contribution in [3.05, 3.63) is 71.8 Å². The van der Waals surface area contributed by atoms with Crippen molar-refractivity contribution in [3.8, 4) is 0 Å². The zero-order valence-corrected chi connectivity index (χ0v) is 17.4. The van der Waals surface area contributed by atoms with Crippen molar-refractivity contribution in [1.82, 2.24) is 0 Å². The van der Waals surface area contributed by atoms with E-state index >= 15 is 0 Å². The van der Waals surface area contributed by atoms with Gasteiger partial charge < -0.3 is 0 Å². The van der Waals surface area contributed by atoms with E-state index in [2.05, 4.69) is 97.8 Å². The molecule has 0 heterocycles. The number of hydrogen-bond acceptors (Lipinski definition) is 0. The number of hydrogen-bond donors (Lipinski definition) is 0. The molecule has 0 aromatic rings. The summed E-state index contributed by atoms with van der Waals surface area (Å²) in [5.41, 5.74) is 4.09. The van der Waals surface area contributed by atoms with Gasteiger partial charge in [-0.15, -0.1) is 0 Å². The number of allylic oxidation sites excluding steroid dienone is 11. The molecule has 0 aliphatic heterocycles. The monoisotopic (exact) mass is 335 g/mol. The van der Waals surface area contributed by atoms with E-state index in [1.54, 1.807) is 0 Å². The van der Waals surface area contributed by atoms with Gasteiger partial charge in [0.05, 0.1) is 0 Å². The van der Waals surface area contributed by atoms with E-state index in [0.29, 0.717) is 5.92 Å². The fourth-order valence-corrected chi connectivity index (χ4v) is 3.73. The molecule has 0 bridgehead atoms. The molecule has 0 aromatic carbocycles. The lowest BCUT2D eigenvalue weighted by Crippen LogP contribution is -2.41. The molecule has 135 valence electrons. The summed E-state index contributed by atoms with van der Waals surface area (Å²) in [6.07, 6.45) is 19.9. The molecule has 25 heavy (non-hydrogen) atoms. The first-order valence-corrected chi connectivity index (χ1v) is 9.61. The van der Waals surface area contributed by atoms with Gasteiger partial charge in [-0.05, 0) is 48.2 Å². The first-order chi connectivity index (χ1) is 11.8. The Hall–Kier alpha value is -1.50. The van der Waals surface area contributed by atoms with Crippen LogP contribution in [0.3, 0.4) is 0 Å². The van der Waals surface area contributed by atoms with Crippen LogP contribution in [0.25, 0.3) is 0 Å². The minimum absolute atomic E-state index is 0.0788. The van der Waals surface area contributed by atoms with Crippen LogP contribution in [0.15, 0.2) is 71.8 Å². The highest BCUT2D eigenvalue weighted by atomic mass is 14.5. The highest BCUT2D eigenvalue weighted by molar-refractivity contribution is 6.44. The molecule has 0 amide bonds. The Morgan fingerprint density at radius 3 is 2.44 bits per heavy atom. The predicted octanol–water partition coefficient (Wildman–Crippen LogP) is 7.28. The third-order valence-electron chi connectivity index (χ3n) is 6.17. The quantitative estimate of drug-likeness (QED) is 0.248. The van der Waals surface area contributed by atoms with Gasteiger partial charge in [0, 0.05) is 0 Å². The summed E-state index contributed by atoms with van der Waals surface area (Å²) in [7, 11) is 2.19. The van der Waals surface area contributed by atoms with Crippen LogP contribution in [-0.2, 0) is 0 Å². The Kier molecular flexibility index (Phi) is 7.99. The molecule has 1 heteroatoms. The lowest BCUT2D eigenvalue weighted by molar-refractivity contribution is 0.0850. The van der Waals surface area contributed by atoms with Gasteiger partial charge in [-0.3, -0.25) is 0 Å². The Labute approximate surface area is 157 Å². The largest absolute Gasteiger partial charge is 0.147 e. The second kappa shape index (κ2) is 9.27. The van der Waals surface area contributed by atoms with Gasteiger partial charge in [-0.2, -0.15) is 0 Å². The maximum atomic E-state index is 4.40. The van der Waals surface area contributed by atoms with E-state index in [0.717, 1.165) is 18.4 Å². The van der Waals surface area contributed by atoms with Crippen molar-refractivity contribution in [1.29, 1.82) is 0 Å². The molecule has 0 spiro atoms. The van der Waals surface area contributed by atoms with Gasteiger partial charge in [0.15, 0.2) is 0 Å². The Morgan fingerprint density at radius 1 is 1.24 bits per heavy atom. The molecular weight excluding hydrogens is 299 g/mol. The van der Waals surface area contributed by atoms with Crippen LogP contribution in [0, 0.1) is 16.7 Å². The molecule has 0 nitrogen and oxygen atoms in total. The topological polar surface area (TPSA) is 0 Å². The van der Waals surface area contributed by atoms with Crippen LogP contribution >= 0.6 is 0 Å². The van der Waals surface area contributed by atoms with E-state index in [1.807, 2.05) is 13.0 Å². The molecule has 2 atom stereocenters. The second-order valence-electron chi connectivity index (χ2n) is 7.81. The highest BCUT2D eigenvalue weighted by Crippen LogP contribution is 2.54. The third kappa shape index (κ3) is 4.78. The molecule has 0 N–H and O–H groups in total. The molecule has 0 saturated heterocycles. The van der Waals surface area contributed by atoms with E-state index in [4.69, 9.17) is 0 Å². The van der Waals surface area contributed by atoms with Crippen LogP contribution in [0.2, 0.25) is 6.82 Å². The summed E-state index contributed by atoms with van der Waals surface area (Å²) in [5.74, 6) is 0.435. The van der Waals surface area contributed by atoms with E-state index in [1.165, 1.54) is 11.0 Å². The Balaban J connectivity index is 3.41. The maximum absolute atomic E-state index is 4.40. The second-order valence-corrected chi connectivity index (χ2v) is 7.81. The first-order valence-electron chi connectivity index (χ1n) is 9.61. The summed E-state index contributed by atoms with van der Waals surface area (Å²) < 4.78 is 0. The summed E-state index contributed by atoms with van der Waals surface area (Å²) in [5, 5.41) is 0. The van der Waals surface area contributed by atoms with Crippen LogP contribution < -0.4 is 0 Å². The third-order valence-corrected chi connectivity index (χ3v) is 6.17. The molecular formula is C24H36B. The lowest BCUT2D eigenvalue weighted by atomic mass is 9.54. The summed E-state index contributed by atoms with van der Waals surface area (Å²) in [6, 6.07) is 0. The standard InChI is InChI=1S/C24H36B/c1-9-12-13-14-19(4)21-18-20(25-8)15-16-22(21)24(7,17-10-2)23(5,6)11-3/h9-10,12-15,17-18,22H,4,11,16H2,1-3,5-8H3/b12-9-,14-13-,17-10?. The minimum atomic E-state index is 0.0788. The van der Waals surface area contributed by atoms with Crippen molar-refractivity contribution in [2.75, 3.05) is 0 Å². The van der Waals surface area contributed by atoms with Crippen LogP contribution in [0.5, 0.6) is 0 Å². The predicted molar refractivity (Wildman–Crippen MR) is 116 cm³/mol. The van der Waals surface area contributed by atoms with E-state index in [-0.39, 0.29) is 10.8 Å². The average molecular weight is 335 g/mol. The number of rotatable bonds is 8. The van der Waals surface area contributed by atoms with E-state index in [9.17, 15) is 0 Å². The van der Waals surface area contributed by atoms with Gasteiger partial charge in [0.1, 0.15) is 7.28 Å². The van der Waals surface area contributed by atoms with Crippen molar-refractivity contribution in [2.24, 2.45) is 16.7 Å². The van der Waals surface area contributed by atoms with Gasteiger partial charge in [-0.25, -0.2) is 0 Å². The fraction of sp³-hybridized carbons (Fsp3) is 0.500. The molecule has 0 fully saturated rings. The fourth-order valence-electron chi connectivity index (χ4n) is 3.73. The summed E-state index contributed by atoms with van der Waals surface area (Å²) in [4.78, 5) is 0. The van der Waals surface area contributed by atoms with Gasteiger partial charge in [0.25, 0.3) is 0 Å². The maximum Gasteiger partial charge on any atom is 0.147 e. The van der Waals surface area contributed by atoms with Gasteiger partial charge in [-0.1, -0.05) is 102 Å². The molecule has 0 saturated carbocycles. The zero-order chi connectivity index (χ0) is 19.1. The van der Waals surface area contributed by atoms with Crippen molar-refractivity contribution >= 4 is 7.28 Å². The van der Waals surface area contributed by atoms with Crippen LogP contribution in [-0.4, -0.2) is 7.28 Å². The molecule has 1 aliphatic carbocycles. The smallest absolute Gasteiger partial charge is 0.0917 e. The van der Waals surface area contributed by atoms with Crippen LogP contribution in [0.4, 0.5) is 0 Å². The molecule has 1 rings (SSSR count). The Bertz CT molecular complexity index is 610. The summed E-state index contributed by atoms with van der Waals surface area (Å²) in [6.45, 7) is 20.2. The molecule has 2 unspecified atom stereocenters. The molecule has 1 aliphatic rings. The first kappa shape index (κ1) is 21.5. The van der Waals surface area contributed by atoms with Crippen molar-refractivity contribution in [3.63, 3.8) is 0 Å². The zero-order valence-electron chi connectivity index (χ0n) is 17.4. The Morgan fingerprint density at radius 2 is 1.92 bits per heavy atom. The summed E-state index contributed by atoms with van der Waals surface area (Å²) >= 11 is 0. The molecule has 1 radical (unpaired) electrons. The van der Waals surface area contributed by atoms with Crippen molar-refractivity contribution < 1.29 is 0 Å². The minimum Gasteiger partial charge on any atom is -0.0917 e. The van der Waals surface area contributed by atoms with Gasteiger partial charge >= 0.3 is 0 Å². The van der Waals surface area contributed by atoms with Gasteiger partial charge in [0.2, 0.25) is 0 Å². The highest BCUT2D eigenvalue weighted by Gasteiger charge is 2.45. The average Bonchev–Trinajstić information content (AvgIpc) is 2.61. The van der Waals surface area contributed by atoms with Crippen LogP contribution in [0.1, 0.15) is 54.4 Å². The normalized spacial score (nSPS) is 21.5. The molecule has 0 aromatic heterocycles. The van der Waals surface area contributed by atoms with Crippen molar-refractivity contribution in [2.45, 2.75) is 61.2 Å². The SMILES string of the molecule is C=C(/C=C\C=C/C)C1=CC([B]C)=CCC1C(C)(C=CC)C(C)(C)CC.